The Kier molecular flexibility index (Phi) is 1.41. The largest absolute Gasteiger partial charge is 0.354 e. The molecule has 0 N–H and O–H groups in total. The van der Waals surface area contributed by atoms with E-state index in [0.29, 0.717) is 0 Å². The lowest BCUT2D eigenvalue weighted by molar-refractivity contribution is 0.871. The summed E-state index contributed by atoms with van der Waals surface area (Å²) in [5.74, 6) is 0. The van der Waals surface area contributed by atoms with Crippen LogP contribution in [-0.4, -0.2) is 4.57 Å². The number of fused-ring (bicyclic) bond motifs is 3. The molecule has 1 aromatic heterocycles. The van der Waals surface area contributed by atoms with Gasteiger partial charge in [-0.3, -0.25) is 0 Å². The molecule has 0 amide bonds. The van der Waals surface area contributed by atoms with E-state index in [0.717, 1.165) is 6.42 Å². The van der Waals surface area contributed by atoms with Crippen molar-refractivity contribution in [1.82, 2.24) is 4.57 Å². The van der Waals surface area contributed by atoms with E-state index in [1.165, 1.54) is 27.9 Å². The number of nitrogens with zero attached hydrogens (tertiary/aromatic N) is 1. The summed E-state index contributed by atoms with van der Waals surface area (Å²) in [6.45, 7) is 2.20. The smallest absolute Gasteiger partial charge is 0.0182 e. The predicted octanol–water partition coefficient (Wildman–Crippen LogP) is 2.90. The van der Waals surface area contributed by atoms with E-state index in [1.807, 2.05) is 0 Å². The van der Waals surface area contributed by atoms with Crippen molar-refractivity contribution in [1.29, 1.82) is 0 Å². The fourth-order valence-electron chi connectivity index (χ4n) is 2.36. The van der Waals surface area contributed by atoms with E-state index in [2.05, 4.69) is 49.0 Å². The molecule has 0 bridgehead atoms. The van der Waals surface area contributed by atoms with Crippen molar-refractivity contribution in [3.63, 3.8) is 0 Å². The van der Waals surface area contributed by atoms with Gasteiger partial charge < -0.3 is 4.57 Å². The quantitative estimate of drug-likeness (QED) is 0.505. The zero-order chi connectivity index (χ0) is 9.71. The molecule has 1 aromatic carbocycles. The third-order valence-corrected chi connectivity index (χ3v) is 3.29. The van der Waals surface area contributed by atoms with Crippen molar-refractivity contribution in [2.75, 3.05) is 0 Å². The highest BCUT2D eigenvalue weighted by Crippen LogP contribution is 2.38. The molecule has 1 nitrogen and oxygen atoms in total. The molecule has 0 saturated carbocycles. The van der Waals surface area contributed by atoms with E-state index in [4.69, 9.17) is 0 Å². The van der Waals surface area contributed by atoms with Crippen molar-refractivity contribution in [3.05, 3.63) is 47.3 Å². The zero-order valence-corrected chi connectivity index (χ0v) is 8.54. The van der Waals surface area contributed by atoms with Crippen molar-refractivity contribution in [2.45, 2.75) is 13.3 Å². The van der Waals surface area contributed by atoms with Crippen molar-refractivity contribution in [2.24, 2.45) is 7.05 Å². The molecule has 0 fully saturated rings. The number of hydrogen-bond acceptors (Lipinski definition) is 0. The van der Waals surface area contributed by atoms with Gasteiger partial charge in [0.2, 0.25) is 0 Å². The molecule has 14 heavy (non-hydrogen) atoms. The van der Waals surface area contributed by atoms with E-state index < -0.39 is 0 Å². The molecule has 1 heteroatoms. The van der Waals surface area contributed by atoms with Gasteiger partial charge in [-0.05, 0) is 23.6 Å². The van der Waals surface area contributed by atoms with E-state index in [9.17, 15) is 0 Å². The molecule has 0 saturated heterocycles. The molecule has 2 aromatic rings. The van der Waals surface area contributed by atoms with Gasteiger partial charge in [0.1, 0.15) is 0 Å². The molecule has 0 aliphatic heterocycles. The summed E-state index contributed by atoms with van der Waals surface area (Å²) in [6.07, 6.45) is 3.36. The molecule has 1 aliphatic carbocycles. The van der Waals surface area contributed by atoms with Gasteiger partial charge in [0.15, 0.2) is 0 Å². The first kappa shape index (κ1) is 7.86. The average Bonchev–Trinajstić information content (AvgIpc) is 2.67. The molecule has 3 rings (SSSR count). The Morgan fingerprint density at radius 1 is 1.14 bits per heavy atom. The SMILES string of the molecule is Cc1c2c(cn1C)-c1ccccc1C2. The minimum absolute atomic E-state index is 1.11. The Hall–Kier alpha value is -1.50. The average molecular weight is 183 g/mol. The number of aromatic nitrogens is 1. The molecule has 0 radical (unpaired) electrons. The second-order valence-corrected chi connectivity index (χ2v) is 4.05. The summed E-state index contributed by atoms with van der Waals surface area (Å²) in [5, 5.41) is 0. The predicted molar refractivity (Wildman–Crippen MR) is 58.4 cm³/mol. The first-order valence-corrected chi connectivity index (χ1v) is 5.00. The highest BCUT2D eigenvalue weighted by atomic mass is 14.9. The van der Waals surface area contributed by atoms with Crippen molar-refractivity contribution in [3.8, 4) is 11.1 Å². The number of aryl methyl sites for hydroxylation is 1. The van der Waals surface area contributed by atoms with Crippen LogP contribution < -0.4 is 0 Å². The van der Waals surface area contributed by atoms with Crippen LogP contribution in [0.4, 0.5) is 0 Å². The summed E-state index contributed by atoms with van der Waals surface area (Å²) in [7, 11) is 2.12. The van der Waals surface area contributed by atoms with Crippen molar-refractivity contribution >= 4 is 0 Å². The number of benzene rings is 1. The molecule has 0 spiro atoms. The van der Waals surface area contributed by atoms with E-state index in [-0.39, 0.29) is 0 Å². The molecular weight excluding hydrogens is 170 g/mol. The maximum atomic E-state index is 2.25. The van der Waals surface area contributed by atoms with Gasteiger partial charge >= 0.3 is 0 Å². The lowest BCUT2D eigenvalue weighted by Crippen LogP contribution is -1.91. The van der Waals surface area contributed by atoms with E-state index in [1.54, 1.807) is 0 Å². The first-order valence-electron chi connectivity index (χ1n) is 5.00. The summed E-state index contributed by atoms with van der Waals surface area (Å²) < 4.78 is 2.22. The topological polar surface area (TPSA) is 4.93 Å². The first-order chi connectivity index (χ1) is 6.77. The van der Waals surface area contributed by atoms with Crippen LogP contribution in [0, 0.1) is 6.92 Å². The second-order valence-electron chi connectivity index (χ2n) is 4.05. The van der Waals surface area contributed by atoms with Crippen LogP contribution in [0.5, 0.6) is 0 Å². The van der Waals surface area contributed by atoms with Gasteiger partial charge in [0.05, 0.1) is 0 Å². The zero-order valence-electron chi connectivity index (χ0n) is 8.54. The number of rotatable bonds is 0. The molecule has 1 heterocycles. The van der Waals surface area contributed by atoms with Crippen LogP contribution in [0.2, 0.25) is 0 Å². The minimum atomic E-state index is 1.11. The Labute approximate surface area is 84.0 Å². The molecular formula is C13H13N. The monoisotopic (exact) mass is 183 g/mol. The summed E-state index contributed by atoms with van der Waals surface area (Å²) in [6, 6.07) is 8.70. The van der Waals surface area contributed by atoms with Gasteiger partial charge in [-0.25, -0.2) is 0 Å². The fourth-order valence-corrected chi connectivity index (χ4v) is 2.36. The third-order valence-electron chi connectivity index (χ3n) is 3.29. The standard InChI is InChI=1S/C13H13N/c1-9-12-7-10-5-3-4-6-11(10)13(12)8-14(9)2/h3-6,8H,7H2,1-2H3. The summed E-state index contributed by atoms with van der Waals surface area (Å²) in [5.41, 5.74) is 7.23. The Morgan fingerprint density at radius 3 is 2.79 bits per heavy atom. The van der Waals surface area contributed by atoms with E-state index >= 15 is 0 Å². The van der Waals surface area contributed by atoms with Gasteiger partial charge in [-0.2, -0.15) is 0 Å². The van der Waals surface area contributed by atoms with Gasteiger partial charge in [0.25, 0.3) is 0 Å². The fraction of sp³-hybridized carbons (Fsp3) is 0.231. The number of hydrogen-bond donors (Lipinski definition) is 0. The normalized spacial score (nSPS) is 12.7. The van der Waals surface area contributed by atoms with Crippen LogP contribution in [0.3, 0.4) is 0 Å². The lowest BCUT2D eigenvalue weighted by atomic mass is 10.1. The molecule has 70 valence electrons. The molecule has 1 aliphatic rings. The Balaban J connectivity index is 2.31. The van der Waals surface area contributed by atoms with Crippen LogP contribution in [-0.2, 0) is 13.5 Å². The van der Waals surface area contributed by atoms with Crippen LogP contribution >= 0.6 is 0 Å². The lowest BCUT2D eigenvalue weighted by Gasteiger charge is -2.00. The Morgan fingerprint density at radius 2 is 1.93 bits per heavy atom. The van der Waals surface area contributed by atoms with Gasteiger partial charge in [-0.1, -0.05) is 24.3 Å². The second kappa shape index (κ2) is 2.50. The summed E-state index contributed by atoms with van der Waals surface area (Å²) in [4.78, 5) is 0. The third kappa shape index (κ3) is 0.844. The molecule has 0 unspecified atom stereocenters. The minimum Gasteiger partial charge on any atom is -0.354 e. The highest BCUT2D eigenvalue weighted by molar-refractivity contribution is 5.77. The highest BCUT2D eigenvalue weighted by Gasteiger charge is 2.21. The summed E-state index contributed by atoms with van der Waals surface area (Å²) >= 11 is 0. The Bertz CT molecular complexity index is 506. The van der Waals surface area contributed by atoms with Crippen LogP contribution in [0.15, 0.2) is 30.5 Å². The maximum Gasteiger partial charge on any atom is 0.0182 e. The van der Waals surface area contributed by atoms with Gasteiger partial charge in [-0.15, -0.1) is 0 Å². The van der Waals surface area contributed by atoms with Crippen LogP contribution in [0.25, 0.3) is 11.1 Å². The van der Waals surface area contributed by atoms with Crippen molar-refractivity contribution < 1.29 is 0 Å². The molecule has 0 atom stereocenters. The maximum absolute atomic E-state index is 2.25. The van der Waals surface area contributed by atoms with Crippen LogP contribution in [0.1, 0.15) is 16.8 Å². The van der Waals surface area contributed by atoms with Gasteiger partial charge in [0, 0.05) is 30.9 Å².